The van der Waals surface area contributed by atoms with E-state index in [-0.39, 0.29) is 17.9 Å². The molecule has 4 nitrogen and oxygen atoms in total. The Morgan fingerprint density at radius 1 is 1.03 bits per heavy atom. The lowest BCUT2D eigenvalue weighted by Crippen LogP contribution is -2.49. The van der Waals surface area contributed by atoms with Gasteiger partial charge in [0.25, 0.3) is 0 Å². The average Bonchev–Trinajstić information content (AvgIpc) is 3.28. The zero-order valence-electron chi connectivity index (χ0n) is 19.4. The maximum atomic E-state index is 13.3. The minimum Gasteiger partial charge on any atom is -0.352 e. The third-order valence-corrected chi connectivity index (χ3v) is 6.88. The van der Waals surface area contributed by atoms with E-state index in [1.807, 2.05) is 31.2 Å². The van der Waals surface area contributed by atoms with Crippen LogP contribution in [0.25, 0.3) is 0 Å². The number of nitrogens with zero attached hydrogens (tertiary/aromatic N) is 1. The Balaban J connectivity index is 1.69. The van der Waals surface area contributed by atoms with E-state index in [0.717, 1.165) is 41.3 Å². The molecule has 0 saturated heterocycles. The summed E-state index contributed by atoms with van der Waals surface area (Å²) >= 11 is 3.51. The van der Waals surface area contributed by atoms with Gasteiger partial charge in [0.1, 0.15) is 6.04 Å². The molecular weight excluding hydrogens is 464 g/mol. The molecule has 0 spiro atoms. The number of benzene rings is 2. The van der Waals surface area contributed by atoms with Crippen LogP contribution in [0, 0.1) is 0 Å². The fourth-order valence-corrected chi connectivity index (χ4v) is 4.72. The van der Waals surface area contributed by atoms with Crippen molar-refractivity contribution in [1.29, 1.82) is 0 Å². The fourth-order valence-electron chi connectivity index (χ4n) is 4.27. The summed E-state index contributed by atoms with van der Waals surface area (Å²) in [6, 6.07) is 16.2. The van der Waals surface area contributed by atoms with Crippen molar-refractivity contribution in [3.63, 3.8) is 0 Å². The molecule has 0 heterocycles. The van der Waals surface area contributed by atoms with Crippen molar-refractivity contribution in [1.82, 2.24) is 10.2 Å². The number of hydrogen-bond acceptors (Lipinski definition) is 2. The highest BCUT2D eigenvalue weighted by Gasteiger charge is 2.28. The first-order valence-corrected chi connectivity index (χ1v) is 12.6. The van der Waals surface area contributed by atoms with E-state index < -0.39 is 6.04 Å². The van der Waals surface area contributed by atoms with Crippen LogP contribution in [-0.2, 0) is 22.6 Å². The molecule has 0 unspecified atom stereocenters. The highest BCUT2D eigenvalue weighted by atomic mass is 79.9. The monoisotopic (exact) mass is 498 g/mol. The van der Waals surface area contributed by atoms with Gasteiger partial charge in [-0.05, 0) is 60.9 Å². The van der Waals surface area contributed by atoms with Gasteiger partial charge in [0.15, 0.2) is 0 Å². The fraction of sp³-hybridized carbons (Fsp3) is 0.481. The minimum atomic E-state index is -0.509. The highest BCUT2D eigenvalue weighted by molar-refractivity contribution is 9.10. The SMILES string of the molecule is CC(C)c1ccc(CCC(=O)N(Cc2cccc(Br)c2)[C@H](C)C(=O)NC2CCCC2)cc1. The van der Waals surface area contributed by atoms with E-state index in [0.29, 0.717) is 25.3 Å². The largest absolute Gasteiger partial charge is 0.352 e. The lowest BCUT2D eigenvalue weighted by Gasteiger charge is -2.30. The number of carbonyl (C=O) groups excluding carboxylic acids is 2. The summed E-state index contributed by atoms with van der Waals surface area (Å²) in [6.45, 7) is 6.62. The van der Waals surface area contributed by atoms with Gasteiger partial charge in [-0.1, -0.05) is 79.0 Å². The molecule has 0 bridgehead atoms. The van der Waals surface area contributed by atoms with Crippen LogP contribution in [0.4, 0.5) is 0 Å². The standard InChI is InChI=1S/C27H35BrN2O2/c1-19(2)23-14-11-21(12-15-23)13-16-26(31)30(18-22-7-6-8-24(28)17-22)20(3)27(32)29-25-9-4-5-10-25/h6-8,11-12,14-15,17,19-20,25H,4-5,9-10,13,16,18H2,1-3H3,(H,29,32)/t20-/m1/s1. The number of aryl methyl sites for hydroxylation is 1. The Kier molecular flexibility index (Phi) is 8.92. The molecular formula is C27H35BrN2O2. The van der Waals surface area contributed by atoms with Crippen molar-refractivity contribution < 1.29 is 9.59 Å². The third-order valence-electron chi connectivity index (χ3n) is 6.38. The van der Waals surface area contributed by atoms with Crippen molar-refractivity contribution in [3.8, 4) is 0 Å². The van der Waals surface area contributed by atoms with Crippen LogP contribution in [0.5, 0.6) is 0 Å². The minimum absolute atomic E-state index is 0.00647. The number of amides is 2. The molecule has 0 aliphatic heterocycles. The highest BCUT2D eigenvalue weighted by Crippen LogP contribution is 2.20. The van der Waals surface area contributed by atoms with Gasteiger partial charge in [-0.15, -0.1) is 0 Å². The van der Waals surface area contributed by atoms with Gasteiger partial charge in [0.2, 0.25) is 11.8 Å². The second kappa shape index (κ2) is 11.6. The van der Waals surface area contributed by atoms with Crippen molar-refractivity contribution in [2.75, 3.05) is 0 Å². The molecule has 1 saturated carbocycles. The molecule has 172 valence electrons. The number of carbonyl (C=O) groups is 2. The number of hydrogen-bond donors (Lipinski definition) is 1. The van der Waals surface area contributed by atoms with Crippen LogP contribution >= 0.6 is 15.9 Å². The van der Waals surface area contributed by atoms with Crippen molar-refractivity contribution in [2.45, 2.75) is 83.8 Å². The first-order valence-electron chi connectivity index (χ1n) is 11.8. The number of nitrogens with one attached hydrogen (secondary N) is 1. The lowest BCUT2D eigenvalue weighted by molar-refractivity contribution is -0.140. The molecule has 1 aliphatic carbocycles. The van der Waals surface area contributed by atoms with Gasteiger partial charge in [0, 0.05) is 23.5 Å². The topological polar surface area (TPSA) is 49.4 Å². The van der Waals surface area contributed by atoms with Crippen LogP contribution in [0.3, 0.4) is 0 Å². The van der Waals surface area contributed by atoms with E-state index in [1.54, 1.807) is 4.90 Å². The lowest BCUT2D eigenvalue weighted by atomic mass is 10.00. The Bertz CT molecular complexity index is 904. The summed E-state index contributed by atoms with van der Waals surface area (Å²) in [4.78, 5) is 28.0. The van der Waals surface area contributed by atoms with Gasteiger partial charge in [-0.2, -0.15) is 0 Å². The van der Waals surface area contributed by atoms with E-state index in [9.17, 15) is 9.59 Å². The molecule has 1 aliphatic rings. The van der Waals surface area contributed by atoms with Crippen LogP contribution in [0.1, 0.15) is 75.5 Å². The second-order valence-electron chi connectivity index (χ2n) is 9.21. The molecule has 2 aromatic carbocycles. The van der Waals surface area contributed by atoms with Gasteiger partial charge in [0.05, 0.1) is 0 Å². The molecule has 1 fully saturated rings. The van der Waals surface area contributed by atoms with Gasteiger partial charge >= 0.3 is 0 Å². The Labute approximate surface area is 200 Å². The van der Waals surface area contributed by atoms with Gasteiger partial charge in [-0.3, -0.25) is 9.59 Å². The van der Waals surface area contributed by atoms with Crippen LogP contribution < -0.4 is 5.32 Å². The normalized spacial score (nSPS) is 15.0. The summed E-state index contributed by atoms with van der Waals surface area (Å²) in [5, 5.41) is 3.16. The smallest absolute Gasteiger partial charge is 0.242 e. The molecule has 2 aromatic rings. The summed E-state index contributed by atoms with van der Waals surface area (Å²) < 4.78 is 0.968. The molecule has 2 amide bonds. The predicted molar refractivity (Wildman–Crippen MR) is 133 cm³/mol. The third kappa shape index (κ3) is 6.93. The van der Waals surface area contributed by atoms with E-state index in [1.165, 1.54) is 5.56 Å². The van der Waals surface area contributed by atoms with Gasteiger partial charge < -0.3 is 10.2 Å². The Morgan fingerprint density at radius 2 is 1.72 bits per heavy atom. The van der Waals surface area contributed by atoms with E-state index in [4.69, 9.17) is 0 Å². The Morgan fingerprint density at radius 3 is 2.34 bits per heavy atom. The molecule has 1 N–H and O–H groups in total. The van der Waals surface area contributed by atoms with Crippen molar-refractivity contribution in [3.05, 3.63) is 69.7 Å². The molecule has 32 heavy (non-hydrogen) atoms. The number of halogens is 1. The maximum Gasteiger partial charge on any atom is 0.242 e. The van der Waals surface area contributed by atoms with E-state index in [2.05, 4.69) is 59.4 Å². The first kappa shape index (κ1) is 24.5. The van der Waals surface area contributed by atoms with Crippen molar-refractivity contribution in [2.24, 2.45) is 0 Å². The summed E-state index contributed by atoms with van der Waals surface area (Å²) in [5.41, 5.74) is 3.45. The summed E-state index contributed by atoms with van der Waals surface area (Å²) in [5.74, 6) is 0.444. The Hall–Kier alpha value is -2.14. The summed E-state index contributed by atoms with van der Waals surface area (Å²) in [7, 11) is 0. The van der Waals surface area contributed by atoms with Crippen LogP contribution in [0.15, 0.2) is 53.0 Å². The zero-order chi connectivity index (χ0) is 23.1. The summed E-state index contributed by atoms with van der Waals surface area (Å²) in [6.07, 6.45) is 5.44. The average molecular weight is 499 g/mol. The molecule has 5 heteroatoms. The van der Waals surface area contributed by atoms with Crippen molar-refractivity contribution >= 4 is 27.7 Å². The quantitative estimate of drug-likeness (QED) is 0.462. The second-order valence-corrected chi connectivity index (χ2v) is 10.1. The van der Waals surface area contributed by atoms with Crippen LogP contribution in [0.2, 0.25) is 0 Å². The zero-order valence-corrected chi connectivity index (χ0v) is 21.0. The molecule has 0 radical (unpaired) electrons. The number of rotatable bonds is 9. The predicted octanol–water partition coefficient (Wildman–Crippen LogP) is 5.98. The first-order chi connectivity index (χ1) is 15.3. The molecule has 1 atom stereocenters. The molecule has 3 rings (SSSR count). The molecule has 0 aromatic heterocycles. The van der Waals surface area contributed by atoms with Gasteiger partial charge in [-0.25, -0.2) is 0 Å². The van der Waals surface area contributed by atoms with E-state index >= 15 is 0 Å². The maximum absolute atomic E-state index is 13.3. The van der Waals surface area contributed by atoms with Crippen LogP contribution in [-0.4, -0.2) is 28.8 Å².